The zero-order valence-corrected chi connectivity index (χ0v) is 19.6. The molecule has 10 heteroatoms. The molecule has 0 saturated carbocycles. The van der Waals surface area contributed by atoms with E-state index in [1.54, 1.807) is 22.6 Å². The fourth-order valence-electron chi connectivity index (χ4n) is 4.20. The number of hydrogen-bond acceptors (Lipinski definition) is 7. The van der Waals surface area contributed by atoms with Crippen molar-refractivity contribution in [2.45, 2.75) is 25.8 Å². The quantitative estimate of drug-likeness (QED) is 0.553. The summed E-state index contributed by atoms with van der Waals surface area (Å²) in [6, 6.07) is 9.27. The predicted octanol–water partition coefficient (Wildman–Crippen LogP) is 3.63. The average molecular weight is 479 g/mol. The van der Waals surface area contributed by atoms with Gasteiger partial charge in [-0.3, -0.25) is 9.59 Å². The first-order valence-electron chi connectivity index (χ1n) is 11.1. The van der Waals surface area contributed by atoms with Crippen LogP contribution in [0, 0.1) is 11.3 Å². The van der Waals surface area contributed by atoms with E-state index < -0.39 is 0 Å². The molecule has 2 aromatic heterocycles. The molecule has 1 saturated heterocycles. The number of hydrogen-bond donors (Lipinski definition) is 2. The lowest BCUT2D eigenvalue weighted by atomic mass is 10.1. The number of aromatic nitrogens is 2. The highest BCUT2D eigenvalue weighted by Crippen LogP contribution is 2.35. The number of likely N-dealkylation sites (tertiary alicyclic amines) is 1. The minimum atomic E-state index is -0.213. The van der Waals surface area contributed by atoms with Crippen molar-refractivity contribution in [3.63, 3.8) is 0 Å². The molecule has 2 aliphatic rings. The molecule has 1 fully saturated rings. The van der Waals surface area contributed by atoms with Crippen LogP contribution in [0.25, 0.3) is 10.9 Å². The number of fused-ring (bicyclic) bond motifs is 3. The summed E-state index contributed by atoms with van der Waals surface area (Å²) in [4.78, 5) is 31.4. The number of amides is 1. The first-order valence-corrected chi connectivity index (χ1v) is 11.5. The molecule has 9 nitrogen and oxygen atoms in total. The Labute approximate surface area is 200 Å². The maximum atomic E-state index is 12.9. The first kappa shape index (κ1) is 22.0. The van der Waals surface area contributed by atoms with Crippen LogP contribution in [0.4, 0.5) is 17.1 Å². The number of ether oxygens (including phenoxy) is 1. The van der Waals surface area contributed by atoms with Crippen LogP contribution >= 0.6 is 11.6 Å². The van der Waals surface area contributed by atoms with Gasteiger partial charge in [0.2, 0.25) is 5.75 Å². The molecule has 0 aliphatic carbocycles. The summed E-state index contributed by atoms with van der Waals surface area (Å²) in [6.45, 7) is 3.86. The van der Waals surface area contributed by atoms with Crippen LogP contribution in [0.15, 0.2) is 29.1 Å². The van der Waals surface area contributed by atoms with Gasteiger partial charge in [0.1, 0.15) is 22.5 Å². The second kappa shape index (κ2) is 8.54. The largest absolute Gasteiger partial charge is 0.486 e. The van der Waals surface area contributed by atoms with Gasteiger partial charge in [-0.2, -0.15) is 5.26 Å². The van der Waals surface area contributed by atoms with Crippen molar-refractivity contribution in [1.29, 1.82) is 5.26 Å². The van der Waals surface area contributed by atoms with Gasteiger partial charge >= 0.3 is 0 Å². The molecule has 174 valence electrons. The molecule has 3 aromatic rings. The molecule has 5 rings (SSSR count). The van der Waals surface area contributed by atoms with E-state index in [-0.39, 0.29) is 33.9 Å². The predicted molar refractivity (Wildman–Crippen MR) is 130 cm³/mol. The van der Waals surface area contributed by atoms with Gasteiger partial charge in [0.05, 0.1) is 23.5 Å². The summed E-state index contributed by atoms with van der Waals surface area (Å²) in [6.07, 6.45) is 1.73. The number of nitrogens with one attached hydrogen (secondary N) is 2. The molecule has 2 aliphatic heterocycles. The van der Waals surface area contributed by atoms with E-state index in [9.17, 15) is 14.9 Å². The number of benzene rings is 1. The summed E-state index contributed by atoms with van der Waals surface area (Å²) in [5.41, 5.74) is 2.57. The van der Waals surface area contributed by atoms with E-state index in [1.807, 2.05) is 25.1 Å². The van der Waals surface area contributed by atoms with Crippen LogP contribution in [0.2, 0.25) is 5.15 Å². The second-order valence-electron chi connectivity index (χ2n) is 8.59. The van der Waals surface area contributed by atoms with Crippen molar-refractivity contribution in [1.82, 2.24) is 14.5 Å². The lowest BCUT2D eigenvalue weighted by Crippen LogP contribution is -2.42. The van der Waals surface area contributed by atoms with E-state index >= 15 is 0 Å². The van der Waals surface area contributed by atoms with Crippen LogP contribution in [-0.4, -0.2) is 46.1 Å². The number of pyridine rings is 2. The third kappa shape index (κ3) is 3.70. The van der Waals surface area contributed by atoms with Crippen molar-refractivity contribution in [2.24, 2.45) is 7.05 Å². The highest BCUT2D eigenvalue weighted by atomic mass is 35.5. The molecule has 4 heterocycles. The Kier molecular flexibility index (Phi) is 5.54. The van der Waals surface area contributed by atoms with Crippen molar-refractivity contribution in [2.75, 3.05) is 30.3 Å². The van der Waals surface area contributed by atoms with E-state index in [1.165, 1.54) is 0 Å². The van der Waals surface area contributed by atoms with Crippen LogP contribution in [0.5, 0.6) is 5.75 Å². The SMILES string of the molecule is CC1CCOc2c(c3cc(Nc4cc(C(=O)N5CCC5)nc(Cl)c4C#N)ccc3n(C)c2=O)N1. The van der Waals surface area contributed by atoms with Gasteiger partial charge in [-0.25, -0.2) is 4.98 Å². The number of nitrogens with zero attached hydrogens (tertiary/aromatic N) is 4. The number of aryl methyl sites for hydroxylation is 1. The molecule has 0 bridgehead atoms. The summed E-state index contributed by atoms with van der Waals surface area (Å²) in [7, 11) is 1.71. The fraction of sp³-hybridized carbons (Fsp3) is 0.333. The Bertz CT molecular complexity index is 1420. The number of rotatable bonds is 3. The summed E-state index contributed by atoms with van der Waals surface area (Å²) in [5.74, 6) is 0.0819. The summed E-state index contributed by atoms with van der Waals surface area (Å²) >= 11 is 6.26. The Morgan fingerprint density at radius 1 is 1.35 bits per heavy atom. The van der Waals surface area contributed by atoms with Crippen molar-refractivity contribution in [3.05, 3.63) is 51.0 Å². The van der Waals surface area contributed by atoms with Crippen molar-refractivity contribution < 1.29 is 9.53 Å². The van der Waals surface area contributed by atoms with Gasteiger partial charge in [-0.15, -0.1) is 0 Å². The van der Waals surface area contributed by atoms with Crippen LogP contribution in [-0.2, 0) is 7.05 Å². The van der Waals surface area contributed by atoms with Gasteiger partial charge in [-0.05, 0) is 37.6 Å². The standard InChI is InChI=1S/C24H23ClN6O3/c1-13-6-9-34-21-20(27-13)15-10-14(4-5-19(15)30(2)24(21)33)28-17-11-18(23(32)31-7-3-8-31)29-22(25)16(17)12-26/h4-5,10-11,13,27H,3,6-9H2,1-2H3,(H,28,29). The van der Waals surface area contributed by atoms with Gasteiger partial charge in [0.15, 0.2) is 0 Å². The van der Waals surface area contributed by atoms with E-state index in [0.717, 1.165) is 23.7 Å². The Balaban J connectivity index is 1.60. The summed E-state index contributed by atoms with van der Waals surface area (Å²) < 4.78 is 7.36. The van der Waals surface area contributed by atoms with Crippen LogP contribution < -0.4 is 20.9 Å². The van der Waals surface area contributed by atoms with Gasteiger partial charge < -0.3 is 24.8 Å². The van der Waals surface area contributed by atoms with Gasteiger partial charge in [-0.1, -0.05) is 11.6 Å². The minimum absolute atomic E-state index is 0.0303. The average Bonchev–Trinajstić information content (AvgIpc) is 2.97. The molecule has 1 atom stereocenters. The molecule has 1 aromatic carbocycles. The number of anilines is 3. The molecule has 0 spiro atoms. The molecule has 34 heavy (non-hydrogen) atoms. The van der Waals surface area contributed by atoms with Crippen molar-refractivity contribution >= 4 is 45.5 Å². The van der Waals surface area contributed by atoms with Gasteiger partial charge in [0.25, 0.3) is 11.5 Å². The topological polar surface area (TPSA) is 112 Å². The Morgan fingerprint density at radius 3 is 2.85 bits per heavy atom. The molecular weight excluding hydrogens is 456 g/mol. The number of nitriles is 1. The zero-order chi connectivity index (χ0) is 24.0. The van der Waals surface area contributed by atoms with Crippen molar-refractivity contribution in [3.8, 4) is 11.8 Å². The molecule has 1 amide bonds. The lowest BCUT2D eigenvalue weighted by molar-refractivity contribution is 0.0645. The Hall–Kier alpha value is -3.77. The normalized spacial score (nSPS) is 17.0. The van der Waals surface area contributed by atoms with Gasteiger partial charge in [0, 0.05) is 43.7 Å². The van der Waals surface area contributed by atoms with Crippen LogP contribution in [0.3, 0.4) is 0 Å². The zero-order valence-electron chi connectivity index (χ0n) is 18.8. The number of carbonyl (C=O) groups excluding carboxylic acids is 1. The maximum Gasteiger partial charge on any atom is 0.295 e. The Morgan fingerprint density at radius 2 is 2.15 bits per heavy atom. The smallest absolute Gasteiger partial charge is 0.295 e. The lowest BCUT2D eigenvalue weighted by Gasteiger charge is -2.30. The molecule has 2 N–H and O–H groups in total. The fourth-order valence-corrected chi connectivity index (χ4v) is 4.43. The third-order valence-electron chi connectivity index (χ3n) is 6.27. The highest BCUT2D eigenvalue weighted by Gasteiger charge is 2.25. The van der Waals surface area contributed by atoms with E-state index in [4.69, 9.17) is 16.3 Å². The maximum absolute atomic E-state index is 12.9. The molecular formula is C24H23ClN6O3. The molecule has 1 unspecified atom stereocenters. The van der Waals surface area contributed by atoms with E-state index in [2.05, 4.69) is 21.7 Å². The highest BCUT2D eigenvalue weighted by molar-refractivity contribution is 6.31. The van der Waals surface area contributed by atoms with Crippen LogP contribution in [0.1, 0.15) is 35.8 Å². The number of carbonyl (C=O) groups is 1. The first-order chi connectivity index (χ1) is 16.4. The van der Waals surface area contributed by atoms with E-state index in [0.29, 0.717) is 42.5 Å². The summed E-state index contributed by atoms with van der Waals surface area (Å²) in [5, 5.41) is 17.0. The molecule has 0 radical (unpaired) electrons. The minimum Gasteiger partial charge on any atom is -0.486 e. The monoisotopic (exact) mass is 478 g/mol. The third-order valence-corrected chi connectivity index (χ3v) is 6.54. The second-order valence-corrected chi connectivity index (χ2v) is 8.94. The number of halogens is 1.